The number of hydrogen-bond donors (Lipinski definition) is 1. The lowest BCUT2D eigenvalue weighted by molar-refractivity contribution is 0.299. The Balaban J connectivity index is 2.07. The van der Waals surface area contributed by atoms with Crippen molar-refractivity contribution in [3.8, 4) is 11.5 Å². The van der Waals surface area contributed by atoms with Gasteiger partial charge in [0.05, 0.1) is 14.2 Å². The van der Waals surface area contributed by atoms with Crippen LogP contribution in [0.1, 0.15) is 38.2 Å². The van der Waals surface area contributed by atoms with E-state index in [-0.39, 0.29) is 0 Å². The van der Waals surface area contributed by atoms with Crippen LogP contribution in [-0.4, -0.2) is 26.5 Å². The van der Waals surface area contributed by atoms with Crippen LogP contribution in [0.3, 0.4) is 0 Å². The van der Waals surface area contributed by atoms with Gasteiger partial charge in [-0.2, -0.15) is 0 Å². The predicted octanol–water partition coefficient (Wildman–Crippen LogP) is 4.09. The molecule has 0 spiro atoms. The van der Waals surface area contributed by atoms with E-state index in [4.69, 9.17) is 9.47 Å². The molecule has 0 heterocycles. The van der Waals surface area contributed by atoms with Gasteiger partial charge in [-0.25, -0.2) is 0 Å². The van der Waals surface area contributed by atoms with E-state index in [9.17, 15) is 0 Å². The lowest BCUT2D eigenvalue weighted by atomic mass is 9.87. The molecule has 0 amide bonds. The van der Waals surface area contributed by atoms with Crippen LogP contribution in [0.25, 0.3) is 0 Å². The first-order valence-electron chi connectivity index (χ1n) is 7.70. The van der Waals surface area contributed by atoms with Crippen LogP contribution >= 0.6 is 11.8 Å². The van der Waals surface area contributed by atoms with Crippen molar-refractivity contribution in [2.45, 2.75) is 50.1 Å². The third-order valence-electron chi connectivity index (χ3n) is 4.30. The molecular weight excluding hydrogens is 282 g/mol. The fraction of sp³-hybridized carbons (Fsp3) is 0.647. The predicted molar refractivity (Wildman–Crippen MR) is 89.6 cm³/mol. The molecule has 4 heteroatoms. The molecule has 0 aromatic heterocycles. The molecule has 1 fully saturated rings. The normalized spacial score (nSPS) is 22.1. The average Bonchev–Trinajstić information content (AvgIpc) is 2.52. The second-order valence-corrected chi connectivity index (χ2v) is 6.72. The molecule has 0 radical (unpaired) electrons. The molecule has 1 aliphatic rings. The number of ether oxygens (including phenoxy) is 2. The summed E-state index contributed by atoms with van der Waals surface area (Å²) in [5, 5.41) is 3.72. The Morgan fingerprint density at radius 1 is 1.19 bits per heavy atom. The third kappa shape index (κ3) is 4.30. The zero-order valence-corrected chi connectivity index (χ0v) is 14.4. The van der Waals surface area contributed by atoms with Gasteiger partial charge in [-0.1, -0.05) is 19.8 Å². The summed E-state index contributed by atoms with van der Waals surface area (Å²) in [4.78, 5) is 1.25. The lowest BCUT2D eigenvalue weighted by Gasteiger charge is -2.28. The first-order chi connectivity index (χ1) is 10.2. The van der Waals surface area contributed by atoms with E-state index in [2.05, 4.69) is 30.6 Å². The van der Waals surface area contributed by atoms with E-state index >= 15 is 0 Å². The van der Waals surface area contributed by atoms with Gasteiger partial charge < -0.3 is 14.8 Å². The number of benzene rings is 1. The molecule has 1 saturated carbocycles. The van der Waals surface area contributed by atoms with Gasteiger partial charge in [0, 0.05) is 17.5 Å². The third-order valence-corrected chi connectivity index (χ3v) is 5.12. The van der Waals surface area contributed by atoms with Crippen LogP contribution in [-0.2, 0) is 6.54 Å². The van der Waals surface area contributed by atoms with E-state index < -0.39 is 0 Å². The fourth-order valence-corrected chi connectivity index (χ4v) is 3.72. The highest BCUT2D eigenvalue weighted by Crippen LogP contribution is 2.34. The standard InChI is InChI=1S/C17H27NO2S/c1-12-6-5-7-14(8-12)18-11-13-9-15(19-2)16(20-3)10-17(13)21-4/h9-10,12,14,18H,5-8,11H2,1-4H3. The number of methoxy groups -OCH3 is 2. The summed E-state index contributed by atoms with van der Waals surface area (Å²) in [7, 11) is 3.37. The average molecular weight is 309 g/mol. The molecule has 21 heavy (non-hydrogen) atoms. The summed E-state index contributed by atoms with van der Waals surface area (Å²) in [5.41, 5.74) is 1.29. The first kappa shape index (κ1) is 16.5. The summed E-state index contributed by atoms with van der Waals surface area (Å²) in [6.45, 7) is 3.26. The van der Waals surface area contributed by atoms with Crippen molar-refractivity contribution < 1.29 is 9.47 Å². The highest BCUT2D eigenvalue weighted by Gasteiger charge is 2.19. The van der Waals surface area contributed by atoms with E-state index in [1.54, 1.807) is 26.0 Å². The highest BCUT2D eigenvalue weighted by molar-refractivity contribution is 7.98. The van der Waals surface area contributed by atoms with Crippen molar-refractivity contribution in [3.05, 3.63) is 17.7 Å². The molecule has 1 aromatic rings. The van der Waals surface area contributed by atoms with Gasteiger partial charge >= 0.3 is 0 Å². The zero-order chi connectivity index (χ0) is 15.2. The van der Waals surface area contributed by atoms with E-state index in [1.807, 2.05) is 0 Å². The van der Waals surface area contributed by atoms with Crippen molar-refractivity contribution in [1.29, 1.82) is 0 Å². The smallest absolute Gasteiger partial charge is 0.161 e. The van der Waals surface area contributed by atoms with Gasteiger partial charge in [0.1, 0.15) is 0 Å². The number of hydrogen-bond acceptors (Lipinski definition) is 4. The van der Waals surface area contributed by atoms with Gasteiger partial charge in [-0.3, -0.25) is 0 Å². The van der Waals surface area contributed by atoms with Crippen molar-refractivity contribution >= 4 is 11.8 Å². The Morgan fingerprint density at radius 2 is 1.90 bits per heavy atom. The Morgan fingerprint density at radius 3 is 2.52 bits per heavy atom. The van der Waals surface area contributed by atoms with Gasteiger partial charge in [0.15, 0.2) is 11.5 Å². The van der Waals surface area contributed by atoms with Crippen molar-refractivity contribution in [2.24, 2.45) is 5.92 Å². The molecule has 2 atom stereocenters. The zero-order valence-electron chi connectivity index (χ0n) is 13.6. The van der Waals surface area contributed by atoms with Crippen LogP contribution in [0.4, 0.5) is 0 Å². The fourth-order valence-electron chi connectivity index (χ4n) is 3.10. The SMILES string of the molecule is COc1cc(CNC2CCCC(C)C2)c(SC)cc1OC. The monoisotopic (exact) mass is 309 g/mol. The Hall–Kier alpha value is -0.870. The Labute approximate surface area is 132 Å². The summed E-state index contributed by atoms with van der Waals surface area (Å²) < 4.78 is 10.8. The van der Waals surface area contributed by atoms with Gasteiger partial charge in [-0.15, -0.1) is 11.8 Å². The van der Waals surface area contributed by atoms with E-state index in [1.165, 1.54) is 36.1 Å². The molecule has 2 unspecified atom stereocenters. The highest BCUT2D eigenvalue weighted by atomic mass is 32.2. The molecular formula is C17H27NO2S. The topological polar surface area (TPSA) is 30.5 Å². The summed E-state index contributed by atoms with van der Waals surface area (Å²) in [6.07, 6.45) is 7.42. The van der Waals surface area contributed by atoms with Crippen LogP contribution in [0.5, 0.6) is 11.5 Å². The van der Waals surface area contributed by atoms with Crippen LogP contribution in [0, 0.1) is 5.92 Å². The minimum Gasteiger partial charge on any atom is -0.493 e. The molecule has 1 aromatic carbocycles. The van der Waals surface area contributed by atoms with Gasteiger partial charge in [0.2, 0.25) is 0 Å². The van der Waals surface area contributed by atoms with Gasteiger partial charge in [0.25, 0.3) is 0 Å². The Bertz CT molecular complexity index is 464. The minimum absolute atomic E-state index is 0.650. The van der Waals surface area contributed by atoms with Crippen LogP contribution < -0.4 is 14.8 Å². The van der Waals surface area contributed by atoms with E-state index in [0.29, 0.717) is 6.04 Å². The quantitative estimate of drug-likeness (QED) is 0.802. The molecule has 0 bridgehead atoms. The molecule has 1 N–H and O–H groups in total. The van der Waals surface area contributed by atoms with Crippen molar-refractivity contribution in [3.63, 3.8) is 0 Å². The maximum Gasteiger partial charge on any atom is 0.161 e. The number of thioether (sulfide) groups is 1. The summed E-state index contributed by atoms with van der Waals surface area (Å²) in [6, 6.07) is 4.82. The largest absolute Gasteiger partial charge is 0.493 e. The summed E-state index contributed by atoms with van der Waals surface area (Å²) >= 11 is 1.76. The molecule has 0 aliphatic heterocycles. The molecule has 1 aliphatic carbocycles. The maximum absolute atomic E-state index is 5.42. The second-order valence-electron chi connectivity index (χ2n) is 5.87. The minimum atomic E-state index is 0.650. The molecule has 118 valence electrons. The molecule has 0 saturated heterocycles. The van der Waals surface area contributed by atoms with Crippen molar-refractivity contribution in [1.82, 2.24) is 5.32 Å². The lowest BCUT2D eigenvalue weighted by Crippen LogP contribution is -2.33. The summed E-state index contributed by atoms with van der Waals surface area (Å²) in [5.74, 6) is 2.46. The van der Waals surface area contributed by atoms with E-state index in [0.717, 1.165) is 24.0 Å². The number of rotatable bonds is 6. The Kier molecular flexibility index (Phi) is 6.24. The molecule has 2 rings (SSSR count). The number of nitrogens with one attached hydrogen (secondary N) is 1. The van der Waals surface area contributed by atoms with Crippen molar-refractivity contribution in [2.75, 3.05) is 20.5 Å². The molecule has 3 nitrogen and oxygen atoms in total. The first-order valence-corrected chi connectivity index (χ1v) is 8.92. The van der Waals surface area contributed by atoms with Crippen LogP contribution in [0.15, 0.2) is 17.0 Å². The maximum atomic E-state index is 5.42. The van der Waals surface area contributed by atoms with Gasteiger partial charge in [-0.05, 0) is 42.7 Å². The van der Waals surface area contributed by atoms with Crippen LogP contribution in [0.2, 0.25) is 0 Å². The second kappa shape index (κ2) is 7.95.